The van der Waals surface area contributed by atoms with Crippen LogP contribution >= 0.6 is 11.6 Å². The molecular formula is C21H28ClN3O3. The van der Waals surface area contributed by atoms with Crippen LogP contribution < -0.4 is 10.1 Å². The summed E-state index contributed by atoms with van der Waals surface area (Å²) in [7, 11) is 3.94. The van der Waals surface area contributed by atoms with Gasteiger partial charge >= 0.3 is 0 Å². The molecule has 0 bridgehead atoms. The van der Waals surface area contributed by atoms with Crippen molar-refractivity contribution in [3.63, 3.8) is 0 Å². The molecule has 1 N–H and O–H groups in total. The van der Waals surface area contributed by atoms with E-state index in [9.17, 15) is 4.79 Å². The molecule has 1 aliphatic rings. The molecule has 0 spiro atoms. The first-order valence-electron chi connectivity index (χ1n) is 9.64. The molecule has 0 radical (unpaired) electrons. The summed E-state index contributed by atoms with van der Waals surface area (Å²) in [5.74, 6) is 0.516. The zero-order valence-corrected chi connectivity index (χ0v) is 17.2. The van der Waals surface area contributed by atoms with Gasteiger partial charge in [-0.25, -0.2) is 0 Å². The largest absolute Gasteiger partial charge is 0.489 e. The highest BCUT2D eigenvalue weighted by Gasteiger charge is 2.22. The van der Waals surface area contributed by atoms with E-state index < -0.39 is 0 Å². The maximum Gasteiger partial charge on any atom is 0.251 e. The van der Waals surface area contributed by atoms with Crippen LogP contribution in [0.2, 0.25) is 5.02 Å². The highest BCUT2D eigenvalue weighted by atomic mass is 35.5. The van der Waals surface area contributed by atoms with E-state index in [-0.39, 0.29) is 12.0 Å². The van der Waals surface area contributed by atoms with Crippen molar-refractivity contribution < 1.29 is 13.9 Å². The quantitative estimate of drug-likeness (QED) is 0.730. The van der Waals surface area contributed by atoms with E-state index in [1.54, 1.807) is 30.7 Å². The van der Waals surface area contributed by atoms with Crippen LogP contribution in [0.15, 0.2) is 41.2 Å². The zero-order chi connectivity index (χ0) is 19.9. The highest BCUT2D eigenvalue weighted by molar-refractivity contribution is 6.32. The second-order valence-electron chi connectivity index (χ2n) is 7.43. The van der Waals surface area contributed by atoms with Crippen molar-refractivity contribution in [3.05, 3.63) is 52.9 Å². The van der Waals surface area contributed by atoms with Crippen LogP contribution in [0.3, 0.4) is 0 Å². The first-order chi connectivity index (χ1) is 13.5. The molecule has 1 fully saturated rings. The predicted molar refractivity (Wildman–Crippen MR) is 110 cm³/mol. The van der Waals surface area contributed by atoms with Gasteiger partial charge in [-0.3, -0.25) is 9.69 Å². The smallest absolute Gasteiger partial charge is 0.251 e. The molecule has 1 aliphatic heterocycles. The maximum atomic E-state index is 12.2. The molecule has 0 saturated carbocycles. The number of ether oxygens (including phenoxy) is 1. The summed E-state index contributed by atoms with van der Waals surface area (Å²) in [5.41, 5.74) is 1.74. The van der Waals surface area contributed by atoms with E-state index in [0.717, 1.165) is 39.0 Å². The van der Waals surface area contributed by atoms with Gasteiger partial charge in [-0.1, -0.05) is 11.6 Å². The molecule has 0 aliphatic carbocycles. The lowest BCUT2D eigenvalue weighted by Gasteiger charge is -2.32. The fourth-order valence-electron chi connectivity index (χ4n) is 3.24. The van der Waals surface area contributed by atoms with Gasteiger partial charge in [0.25, 0.3) is 5.91 Å². The molecule has 0 unspecified atom stereocenters. The van der Waals surface area contributed by atoms with E-state index >= 15 is 0 Å². The van der Waals surface area contributed by atoms with Crippen molar-refractivity contribution in [1.29, 1.82) is 0 Å². The third-order valence-corrected chi connectivity index (χ3v) is 5.15. The lowest BCUT2D eigenvalue weighted by molar-refractivity contribution is 0.0948. The van der Waals surface area contributed by atoms with Gasteiger partial charge in [0.2, 0.25) is 0 Å². The molecular weight excluding hydrogens is 378 g/mol. The summed E-state index contributed by atoms with van der Waals surface area (Å²) in [6, 6.07) is 7.23. The molecule has 1 saturated heterocycles. The molecule has 6 nitrogen and oxygen atoms in total. The lowest BCUT2D eigenvalue weighted by Crippen LogP contribution is -2.37. The fourth-order valence-corrected chi connectivity index (χ4v) is 3.46. The molecule has 2 heterocycles. The van der Waals surface area contributed by atoms with Crippen molar-refractivity contribution in [1.82, 2.24) is 15.1 Å². The molecule has 1 aromatic carbocycles. The van der Waals surface area contributed by atoms with Crippen molar-refractivity contribution in [2.45, 2.75) is 25.5 Å². The number of amides is 1. The van der Waals surface area contributed by atoms with Gasteiger partial charge < -0.3 is 19.4 Å². The van der Waals surface area contributed by atoms with Crippen molar-refractivity contribution in [2.24, 2.45) is 0 Å². The molecule has 1 amide bonds. The summed E-state index contributed by atoms with van der Waals surface area (Å²) < 4.78 is 11.2. The van der Waals surface area contributed by atoms with E-state index in [2.05, 4.69) is 10.2 Å². The highest BCUT2D eigenvalue weighted by Crippen LogP contribution is 2.28. The number of benzene rings is 1. The molecule has 28 heavy (non-hydrogen) atoms. The van der Waals surface area contributed by atoms with Crippen LogP contribution in [0, 0.1) is 0 Å². The summed E-state index contributed by atoms with van der Waals surface area (Å²) in [4.78, 5) is 16.6. The first-order valence-corrected chi connectivity index (χ1v) is 10.0. The van der Waals surface area contributed by atoms with E-state index in [1.807, 2.05) is 25.1 Å². The Balaban J connectivity index is 1.47. The van der Waals surface area contributed by atoms with Crippen LogP contribution in [0.1, 0.15) is 28.8 Å². The molecule has 0 atom stereocenters. The minimum absolute atomic E-state index is 0.122. The van der Waals surface area contributed by atoms with Gasteiger partial charge in [-0.15, -0.1) is 0 Å². The molecule has 7 heteroatoms. The number of nitrogens with one attached hydrogen (secondary N) is 1. The fraction of sp³-hybridized carbons (Fsp3) is 0.476. The maximum absolute atomic E-state index is 12.2. The van der Waals surface area contributed by atoms with Gasteiger partial charge in [0.15, 0.2) is 0 Å². The number of likely N-dealkylation sites (N-methyl/N-ethyl adjacent to an activating group) is 1. The average Bonchev–Trinajstić information content (AvgIpc) is 3.17. The van der Waals surface area contributed by atoms with E-state index in [4.69, 9.17) is 20.8 Å². The molecule has 152 valence electrons. The van der Waals surface area contributed by atoms with Gasteiger partial charge in [0, 0.05) is 43.9 Å². The predicted octanol–water partition coefficient (Wildman–Crippen LogP) is 3.27. The Hall–Kier alpha value is -2.02. The summed E-state index contributed by atoms with van der Waals surface area (Å²) >= 11 is 6.37. The second kappa shape index (κ2) is 9.96. The number of piperidine rings is 1. The number of halogens is 1. The van der Waals surface area contributed by atoms with Crippen molar-refractivity contribution in [3.8, 4) is 5.75 Å². The Labute approximate surface area is 171 Å². The van der Waals surface area contributed by atoms with E-state index in [0.29, 0.717) is 22.9 Å². The number of carbonyl (C=O) groups is 1. The molecule has 1 aromatic heterocycles. The Morgan fingerprint density at radius 2 is 2.11 bits per heavy atom. The number of hydrogen-bond donors (Lipinski definition) is 1. The average molecular weight is 406 g/mol. The standard InChI is InChI=1S/C21H28ClN3O3/c1-24(2)11-8-23-21(26)17-3-4-20(19(22)13-17)28-18-5-9-25(10-6-18)14-16-7-12-27-15-16/h3-4,7,12-13,15,18H,5-6,8-11,14H2,1-2H3,(H,23,26). The third-order valence-electron chi connectivity index (χ3n) is 4.85. The van der Waals surface area contributed by atoms with Crippen molar-refractivity contribution in [2.75, 3.05) is 40.3 Å². The monoisotopic (exact) mass is 405 g/mol. The summed E-state index contributed by atoms with van der Waals surface area (Å²) in [6.07, 6.45) is 5.53. The Morgan fingerprint density at radius 3 is 2.75 bits per heavy atom. The number of hydrogen-bond acceptors (Lipinski definition) is 5. The number of carbonyl (C=O) groups excluding carboxylic acids is 1. The Morgan fingerprint density at radius 1 is 1.32 bits per heavy atom. The van der Waals surface area contributed by atoms with Crippen LogP contribution in [-0.2, 0) is 6.54 Å². The van der Waals surface area contributed by atoms with Crippen LogP contribution in [0.4, 0.5) is 0 Å². The summed E-state index contributed by atoms with van der Waals surface area (Å²) in [6.45, 7) is 4.24. The topological polar surface area (TPSA) is 58.0 Å². The minimum Gasteiger partial charge on any atom is -0.489 e. The van der Waals surface area contributed by atoms with Gasteiger partial charge in [-0.2, -0.15) is 0 Å². The normalized spacial score (nSPS) is 15.7. The first kappa shape index (κ1) is 20.7. The van der Waals surface area contributed by atoms with Crippen molar-refractivity contribution >= 4 is 17.5 Å². The minimum atomic E-state index is -0.122. The molecule has 2 aromatic rings. The molecule has 3 rings (SSSR count). The number of likely N-dealkylation sites (tertiary alicyclic amines) is 1. The van der Waals surface area contributed by atoms with Gasteiger partial charge in [0.1, 0.15) is 11.9 Å². The van der Waals surface area contributed by atoms with Gasteiger partial charge in [-0.05, 0) is 51.2 Å². The lowest BCUT2D eigenvalue weighted by atomic mass is 10.1. The Bertz CT molecular complexity index is 756. The van der Waals surface area contributed by atoms with Gasteiger partial charge in [0.05, 0.1) is 17.5 Å². The summed E-state index contributed by atoms with van der Waals surface area (Å²) in [5, 5.41) is 3.36. The third kappa shape index (κ3) is 5.99. The van der Waals surface area contributed by atoms with Crippen LogP contribution in [-0.4, -0.2) is 62.1 Å². The van der Waals surface area contributed by atoms with E-state index in [1.165, 1.54) is 5.56 Å². The number of furan rings is 1. The SMILES string of the molecule is CN(C)CCNC(=O)c1ccc(OC2CCN(Cc3ccoc3)CC2)c(Cl)c1. The second-order valence-corrected chi connectivity index (χ2v) is 7.84. The Kier molecular flexibility index (Phi) is 7.36. The van der Waals surface area contributed by atoms with Crippen LogP contribution in [0.5, 0.6) is 5.75 Å². The number of nitrogens with zero attached hydrogens (tertiary/aromatic N) is 2. The zero-order valence-electron chi connectivity index (χ0n) is 16.5. The van der Waals surface area contributed by atoms with Crippen LogP contribution in [0.25, 0.3) is 0 Å². The number of rotatable bonds is 8.